The van der Waals surface area contributed by atoms with E-state index < -0.39 is 0 Å². The fourth-order valence-electron chi connectivity index (χ4n) is 2.03. The van der Waals surface area contributed by atoms with Gasteiger partial charge in [0.1, 0.15) is 12.4 Å². The Morgan fingerprint density at radius 3 is 2.95 bits per heavy atom. The van der Waals surface area contributed by atoms with Gasteiger partial charge in [0, 0.05) is 19.1 Å². The van der Waals surface area contributed by atoms with Crippen LogP contribution in [0.15, 0.2) is 24.3 Å². The molecular formula is C14H18FNO3. The standard InChI is InChI=1S/C14H18FNO3/c1-18-6-7-19-9-14(17)16-13-8-11(13)10-4-2-3-5-12(10)15/h2-5,11,13H,6-9H2,1H3,(H,16,17)/t11-,13-/m1/s1. The van der Waals surface area contributed by atoms with Gasteiger partial charge in [-0.2, -0.15) is 0 Å². The van der Waals surface area contributed by atoms with Crippen molar-refractivity contribution in [2.24, 2.45) is 0 Å². The third kappa shape index (κ3) is 4.01. The van der Waals surface area contributed by atoms with Crippen molar-refractivity contribution in [1.82, 2.24) is 5.32 Å². The van der Waals surface area contributed by atoms with Crippen molar-refractivity contribution < 1.29 is 18.7 Å². The van der Waals surface area contributed by atoms with E-state index in [2.05, 4.69) is 5.32 Å². The lowest BCUT2D eigenvalue weighted by Crippen LogP contribution is -2.30. The summed E-state index contributed by atoms with van der Waals surface area (Å²) in [5.41, 5.74) is 0.674. The van der Waals surface area contributed by atoms with Gasteiger partial charge in [-0.25, -0.2) is 4.39 Å². The van der Waals surface area contributed by atoms with Gasteiger partial charge < -0.3 is 14.8 Å². The number of nitrogens with one attached hydrogen (secondary N) is 1. The molecule has 5 heteroatoms. The van der Waals surface area contributed by atoms with Crippen LogP contribution in [0.1, 0.15) is 17.9 Å². The number of carbonyl (C=O) groups excluding carboxylic acids is 1. The molecule has 2 atom stereocenters. The summed E-state index contributed by atoms with van der Waals surface area (Å²) in [6, 6.07) is 6.71. The molecule has 1 aliphatic rings. The van der Waals surface area contributed by atoms with Gasteiger partial charge in [-0.15, -0.1) is 0 Å². The van der Waals surface area contributed by atoms with Crippen LogP contribution in [0.5, 0.6) is 0 Å². The highest BCUT2D eigenvalue weighted by Gasteiger charge is 2.40. The number of rotatable bonds is 7. The van der Waals surface area contributed by atoms with Crippen LogP contribution < -0.4 is 5.32 Å². The predicted molar refractivity (Wildman–Crippen MR) is 68.4 cm³/mol. The Balaban J connectivity index is 1.72. The number of benzene rings is 1. The molecule has 1 aromatic carbocycles. The number of carbonyl (C=O) groups is 1. The number of hydrogen-bond donors (Lipinski definition) is 1. The molecule has 19 heavy (non-hydrogen) atoms. The van der Waals surface area contributed by atoms with Crippen LogP contribution in [0, 0.1) is 5.82 Å². The van der Waals surface area contributed by atoms with Crippen LogP contribution in [0.2, 0.25) is 0 Å². The van der Waals surface area contributed by atoms with Crippen LogP contribution in [0.4, 0.5) is 4.39 Å². The number of ether oxygens (including phenoxy) is 2. The summed E-state index contributed by atoms with van der Waals surface area (Å²) >= 11 is 0. The summed E-state index contributed by atoms with van der Waals surface area (Å²) in [7, 11) is 1.58. The molecule has 1 saturated carbocycles. The van der Waals surface area contributed by atoms with E-state index in [1.165, 1.54) is 6.07 Å². The Bertz CT molecular complexity index is 438. The molecule has 0 aliphatic heterocycles. The first-order valence-electron chi connectivity index (χ1n) is 6.33. The first-order chi connectivity index (χ1) is 9.22. The average Bonchev–Trinajstić information content (AvgIpc) is 3.14. The second kappa shape index (κ2) is 6.63. The van der Waals surface area contributed by atoms with E-state index in [0.29, 0.717) is 18.8 Å². The molecule has 0 heterocycles. The average molecular weight is 267 g/mol. The molecule has 4 nitrogen and oxygen atoms in total. The Kier molecular flexibility index (Phi) is 4.87. The minimum atomic E-state index is -0.208. The topological polar surface area (TPSA) is 47.6 Å². The van der Waals surface area contributed by atoms with Crippen LogP contribution in [0.3, 0.4) is 0 Å². The Morgan fingerprint density at radius 2 is 2.21 bits per heavy atom. The fourth-order valence-corrected chi connectivity index (χ4v) is 2.03. The molecule has 2 rings (SSSR count). The van der Waals surface area contributed by atoms with Gasteiger partial charge in [-0.3, -0.25) is 4.79 Å². The van der Waals surface area contributed by atoms with Gasteiger partial charge in [0.25, 0.3) is 0 Å². The van der Waals surface area contributed by atoms with Gasteiger partial charge in [-0.05, 0) is 18.1 Å². The monoisotopic (exact) mass is 267 g/mol. The zero-order valence-electron chi connectivity index (χ0n) is 10.9. The minimum Gasteiger partial charge on any atom is -0.382 e. The van der Waals surface area contributed by atoms with Crippen molar-refractivity contribution in [1.29, 1.82) is 0 Å². The summed E-state index contributed by atoms with van der Waals surface area (Å²) in [5, 5.41) is 2.84. The first-order valence-corrected chi connectivity index (χ1v) is 6.33. The molecule has 1 amide bonds. The van der Waals surface area contributed by atoms with Gasteiger partial charge in [-0.1, -0.05) is 18.2 Å². The Morgan fingerprint density at radius 1 is 1.42 bits per heavy atom. The van der Waals surface area contributed by atoms with Crippen molar-refractivity contribution in [2.75, 3.05) is 26.9 Å². The lowest BCUT2D eigenvalue weighted by Gasteiger charge is -2.06. The van der Waals surface area contributed by atoms with Crippen LogP contribution in [0.25, 0.3) is 0 Å². The predicted octanol–water partition coefficient (Wildman–Crippen LogP) is 1.46. The maximum absolute atomic E-state index is 13.5. The summed E-state index contributed by atoms with van der Waals surface area (Å²) < 4.78 is 23.5. The molecule has 0 bridgehead atoms. The van der Waals surface area contributed by atoms with Crippen molar-refractivity contribution in [3.63, 3.8) is 0 Å². The van der Waals surface area contributed by atoms with E-state index in [1.54, 1.807) is 19.2 Å². The molecule has 0 spiro atoms. The smallest absolute Gasteiger partial charge is 0.246 e. The van der Waals surface area contributed by atoms with Crippen LogP contribution in [-0.4, -0.2) is 38.9 Å². The highest BCUT2D eigenvalue weighted by Crippen LogP contribution is 2.41. The lowest BCUT2D eigenvalue weighted by molar-refractivity contribution is -0.126. The van der Waals surface area contributed by atoms with Crippen molar-refractivity contribution in [3.8, 4) is 0 Å². The Hall–Kier alpha value is -1.46. The molecular weight excluding hydrogens is 249 g/mol. The molecule has 1 N–H and O–H groups in total. The van der Waals surface area contributed by atoms with Gasteiger partial charge in [0.2, 0.25) is 5.91 Å². The van der Waals surface area contributed by atoms with Crippen LogP contribution >= 0.6 is 0 Å². The largest absolute Gasteiger partial charge is 0.382 e. The van der Waals surface area contributed by atoms with Crippen molar-refractivity contribution in [3.05, 3.63) is 35.6 Å². The fraction of sp³-hybridized carbons (Fsp3) is 0.500. The van der Waals surface area contributed by atoms with Gasteiger partial charge in [0.15, 0.2) is 0 Å². The van der Waals surface area contributed by atoms with Gasteiger partial charge >= 0.3 is 0 Å². The highest BCUT2D eigenvalue weighted by molar-refractivity contribution is 5.78. The second-order valence-corrected chi connectivity index (χ2v) is 4.58. The third-order valence-corrected chi connectivity index (χ3v) is 3.11. The summed E-state index contributed by atoms with van der Waals surface area (Å²) in [5.74, 6) is -0.287. The van der Waals surface area contributed by atoms with Crippen LogP contribution in [-0.2, 0) is 14.3 Å². The normalized spacial score (nSPS) is 21.2. The van der Waals surface area contributed by atoms with E-state index in [4.69, 9.17) is 9.47 Å². The highest BCUT2D eigenvalue weighted by atomic mass is 19.1. The molecule has 0 aromatic heterocycles. The molecule has 0 radical (unpaired) electrons. The Labute approximate surface area is 111 Å². The number of amides is 1. The summed E-state index contributed by atoms with van der Waals surface area (Å²) in [6.45, 7) is 0.879. The summed E-state index contributed by atoms with van der Waals surface area (Å²) in [4.78, 5) is 11.5. The third-order valence-electron chi connectivity index (χ3n) is 3.11. The van der Waals surface area contributed by atoms with E-state index >= 15 is 0 Å². The van der Waals surface area contributed by atoms with Gasteiger partial charge in [0.05, 0.1) is 13.2 Å². The lowest BCUT2D eigenvalue weighted by atomic mass is 10.1. The SMILES string of the molecule is COCCOCC(=O)N[C@@H]1C[C@@H]1c1ccccc1F. The number of halogens is 1. The maximum atomic E-state index is 13.5. The van der Waals surface area contributed by atoms with E-state index in [9.17, 15) is 9.18 Å². The molecule has 1 aliphatic carbocycles. The minimum absolute atomic E-state index is 0.0177. The second-order valence-electron chi connectivity index (χ2n) is 4.58. The first kappa shape index (κ1) is 14.0. The maximum Gasteiger partial charge on any atom is 0.246 e. The van der Waals surface area contributed by atoms with Crippen molar-refractivity contribution >= 4 is 5.91 Å². The summed E-state index contributed by atoms with van der Waals surface area (Å²) in [6.07, 6.45) is 0.782. The molecule has 1 aromatic rings. The zero-order chi connectivity index (χ0) is 13.7. The molecule has 104 valence electrons. The van der Waals surface area contributed by atoms with Crippen molar-refractivity contribution in [2.45, 2.75) is 18.4 Å². The number of methoxy groups -OCH3 is 1. The molecule has 1 fully saturated rings. The zero-order valence-corrected chi connectivity index (χ0v) is 10.9. The van der Waals surface area contributed by atoms with E-state index in [1.807, 2.05) is 6.07 Å². The number of hydrogen-bond acceptors (Lipinski definition) is 3. The quantitative estimate of drug-likeness (QED) is 0.761. The molecule has 0 saturated heterocycles. The van der Waals surface area contributed by atoms with E-state index in [0.717, 1.165) is 6.42 Å². The molecule has 0 unspecified atom stereocenters. The van der Waals surface area contributed by atoms with E-state index in [-0.39, 0.29) is 30.3 Å².